The molecule has 2 saturated carbocycles. The maximum atomic E-state index is 14.6. The van der Waals surface area contributed by atoms with Gasteiger partial charge in [0.05, 0.1) is 30.0 Å². The average molecular weight is 438 g/mol. The Bertz CT molecular complexity index is 948. The number of methoxy groups -OCH3 is 1. The van der Waals surface area contributed by atoms with Crippen LogP contribution in [0.5, 0.6) is 0 Å². The fraction of sp³-hybridized carbons (Fsp3) is 0.560. The highest BCUT2D eigenvalue weighted by molar-refractivity contribution is 5.67. The number of nitrogens with zero attached hydrogens (tertiary/aromatic N) is 3. The van der Waals surface area contributed by atoms with Gasteiger partial charge in [0, 0.05) is 55.5 Å². The van der Waals surface area contributed by atoms with E-state index >= 15 is 0 Å². The molecule has 0 spiro atoms. The highest BCUT2D eigenvalue weighted by atomic mass is 19.1. The Balaban J connectivity index is 1.37. The molecule has 0 aromatic carbocycles. The molecule has 170 valence electrons. The van der Waals surface area contributed by atoms with E-state index in [2.05, 4.69) is 26.7 Å². The number of hydrogen-bond donors (Lipinski definition) is 2. The van der Waals surface area contributed by atoms with Gasteiger partial charge in [-0.1, -0.05) is 0 Å². The lowest BCUT2D eigenvalue weighted by Crippen LogP contribution is -2.35. The number of halogens is 1. The van der Waals surface area contributed by atoms with Crippen LogP contribution in [-0.2, 0) is 11.2 Å². The molecular weight excluding hydrogens is 405 g/mol. The molecule has 0 amide bonds. The van der Waals surface area contributed by atoms with Crippen molar-refractivity contribution in [2.45, 2.75) is 51.0 Å². The number of hydrogen-bond acceptors (Lipinski definition) is 6. The summed E-state index contributed by atoms with van der Waals surface area (Å²) in [5.74, 6) is 0.238. The minimum atomic E-state index is -0.338. The smallest absolute Gasteiger partial charge is 0.149 e. The number of ether oxygens (including phenoxy) is 1. The third kappa shape index (κ3) is 5.81. The second-order valence-corrected chi connectivity index (χ2v) is 9.23. The predicted molar refractivity (Wildman–Crippen MR) is 123 cm³/mol. The SMILES string of the molecule is COCCNC1CCC(Cc2cc(-c3cncc(NCC4(C#N)CC4)c3)c(F)cn2)CC1. The highest BCUT2D eigenvalue weighted by Crippen LogP contribution is 2.44. The molecule has 4 rings (SSSR count). The molecule has 2 aliphatic carbocycles. The minimum absolute atomic E-state index is 0.247. The van der Waals surface area contributed by atoms with E-state index in [1.54, 1.807) is 19.5 Å². The second kappa shape index (κ2) is 10.4. The monoisotopic (exact) mass is 437 g/mol. The van der Waals surface area contributed by atoms with E-state index in [1.165, 1.54) is 6.20 Å². The molecule has 0 aliphatic heterocycles. The molecule has 2 heterocycles. The highest BCUT2D eigenvalue weighted by Gasteiger charge is 2.42. The van der Waals surface area contributed by atoms with Crippen LogP contribution in [0.1, 0.15) is 44.2 Å². The first-order valence-electron chi connectivity index (χ1n) is 11.6. The standard InChI is InChI=1S/C25H32FN5O/c1-32-9-8-29-20-4-2-18(3-5-20)10-21-12-23(24(26)15-30-21)19-11-22(14-28-13-19)31-17-25(16-27)6-7-25/h11-15,18,20,29,31H,2-10,17H2,1H3. The summed E-state index contributed by atoms with van der Waals surface area (Å²) < 4.78 is 19.7. The van der Waals surface area contributed by atoms with Crippen LogP contribution in [0.4, 0.5) is 10.1 Å². The van der Waals surface area contributed by atoms with Crippen molar-refractivity contribution >= 4 is 5.69 Å². The van der Waals surface area contributed by atoms with Crippen LogP contribution >= 0.6 is 0 Å². The van der Waals surface area contributed by atoms with Gasteiger partial charge in [-0.15, -0.1) is 0 Å². The molecule has 0 bridgehead atoms. The molecule has 2 fully saturated rings. The summed E-state index contributed by atoms with van der Waals surface area (Å²) in [5.41, 5.74) is 2.74. The van der Waals surface area contributed by atoms with Crippen molar-refractivity contribution in [3.05, 3.63) is 42.2 Å². The number of nitrogens with one attached hydrogen (secondary N) is 2. The van der Waals surface area contributed by atoms with Gasteiger partial charge in [0.1, 0.15) is 5.82 Å². The van der Waals surface area contributed by atoms with E-state index in [0.717, 1.165) is 75.0 Å². The minimum Gasteiger partial charge on any atom is -0.383 e. The third-order valence-corrected chi connectivity index (χ3v) is 6.77. The first-order valence-corrected chi connectivity index (χ1v) is 11.6. The molecule has 2 N–H and O–H groups in total. The summed E-state index contributed by atoms with van der Waals surface area (Å²) in [6.45, 7) is 2.24. The van der Waals surface area contributed by atoms with E-state index in [1.807, 2.05) is 12.1 Å². The largest absolute Gasteiger partial charge is 0.383 e. The van der Waals surface area contributed by atoms with E-state index in [-0.39, 0.29) is 11.2 Å². The Hall–Kier alpha value is -2.56. The molecule has 32 heavy (non-hydrogen) atoms. The molecular formula is C25H32FN5O. The molecule has 6 nitrogen and oxygen atoms in total. The van der Waals surface area contributed by atoms with Crippen LogP contribution in [0, 0.1) is 28.5 Å². The van der Waals surface area contributed by atoms with Crippen molar-refractivity contribution in [3.63, 3.8) is 0 Å². The Labute approximate surface area is 189 Å². The molecule has 2 aromatic rings. The van der Waals surface area contributed by atoms with Crippen molar-refractivity contribution in [2.75, 3.05) is 32.1 Å². The van der Waals surface area contributed by atoms with Crippen LogP contribution in [-0.4, -0.2) is 42.8 Å². The fourth-order valence-corrected chi connectivity index (χ4v) is 4.48. The first kappa shape index (κ1) is 22.6. The number of nitriles is 1. The van der Waals surface area contributed by atoms with Gasteiger partial charge in [0.15, 0.2) is 0 Å². The van der Waals surface area contributed by atoms with Gasteiger partial charge in [-0.3, -0.25) is 9.97 Å². The van der Waals surface area contributed by atoms with Gasteiger partial charge in [-0.25, -0.2) is 4.39 Å². The lowest BCUT2D eigenvalue weighted by atomic mass is 9.83. The molecule has 0 radical (unpaired) electrons. The van der Waals surface area contributed by atoms with Crippen LogP contribution in [0.15, 0.2) is 30.7 Å². The van der Waals surface area contributed by atoms with E-state index in [4.69, 9.17) is 4.74 Å². The summed E-state index contributed by atoms with van der Waals surface area (Å²) in [4.78, 5) is 8.65. The van der Waals surface area contributed by atoms with E-state index in [0.29, 0.717) is 24.1 Å². The van der Waals surface area contributed by atoms with Crippen molar-refractivity contribution in [1.82, 2.24) is 15.3 Å². The van der Waals surface area contributed by atoms with Gasteiger partial charge in [-0.2, -0.15) is 5.26 Å². The Morgan fingerprint density at radius 2 is 2.00 bits per heavy atom. The van der Waals surface area contributed by atoms with E-state index in [9.17, 15) is 9.65 Å². The topological polar surface area (TPSA) is 82.9 Å². The Kier molecular flexibility index (Phi) is 7.33. The molecule has 0 atom stereocenters. The van der Waals surface area contributed by atoms with Gasteiger partial charge >= 0.3 is 0 Å². The van der Waals surface area contributed by atoms with Crippen LogP contribution in [0.3, 0.4) is 0 Å². The number of aromatic nitrogens is 2. The first-order chi connectivity index (χ1) is 15.6. The normalized spacial score (nSPS) is 21.7. The second-order valence-electron chi connectivity index (χ2n) is 9.23. The lowest BCUT2D eigenvalue weighted by Gasteiger charge is -2.29. The summed E-state index contributed by atoms with van der Waals surface area (Å²) in [6, 6.07) is 6.72. The Morgan fingerprint density at radius 1 is 1.19 bits per heavy atom. The average Bonchev–Trinajstić information content (AvgIpc) is 3.61. The predicted octanol–water partition coefficient (Wildman–Crippen LogP) is 4.34. The summed E-state index contributed by atoms with van der Waals surface area (Å²) in [5, 5.41) is 16.1. The van der Waals surface area contributed by atoms with Crippen LogP contribution < -0.4 is 10.6 Å². The van der Waals surface area contributed by atoms with Crippen molar-refractivity contribution < 1.29 is 9.13 Å². The lowest BCUT2D eigenvalue weighted by molar-refractivity contribution is 0.188. The zero-order chi connectivity index (χ0) is 22.4. The maximum absolute atomic E-state index is 14.6. The maximum Gasteiger partial charge on any atom is 0.149 e. The van der Waals surface area contributed by atoms with Crippen LogP contribution in [0.25, 0.3) is 11.1 Å². The fourth-order valence-electron chi connectivity index (χ4n) is 4.48. The van der Waals surface area contributed by atoms with Crippen LogP contribution in [0.2, 0.25) is 0 Å². The van der Waals surface area contributed by atoms with Gasteiger partial charge in [-0.05, 0) is 63.0 Å². The Morgan fingerprint density at radius 3 is 2.72 bits per heavy atom. The van der Waals surface area contributed by atoms with Gasteiger partial charge in [0.2, 0.25) is 0 Å². The quantitative estimate of drug-likeness (QED) is 0.538. The van der Waals surface area contributed by atoms with Gasteiger partial charge < -0.3 is 15.4 Å². The molecule has 0 unspecified atom stereocenters. The summed E-state index contributed by atoms with van der Waals surface area (Å²) >= 11 is 0. The molecule has 2 aromatic heterocycles. The number of rotatable bonds is 10. The molecule has 0 saturated heterocycles. The zero-order valence-electron chi connectivity index (χ0n) is 18.7. The molecule has 7 heteroatoms. The third-order valence-electron chi connectivity index (χ3n) is 6.77. The van der Waals surface area contributed by atoms with E-state index < -0.39 is 0 Å². The van der Waals surface area contributed by atoms with Gasteiger partial charge in [0.25, 0.3) is 0 Å². The molecule has 2 aliphatic rings. The van der Waals surface area contributed by atoms with Crippen molar-refractivity contribution in [3.8, 4) is 17.2 Å². The summed E-state index contributed by atoms with van der Waals surface area (Å²) in [7, 11) is 1.73. The number of pyridine rings is 2. The van der Waals surface area contributed by atoms with Crippen molar-refractivity contribution in [1.29, 1.82) is 5.26 Å². The van der Waals surface area contributed by atoms with Crippen molar-refractivity contribution in [2.24, 2.45) is 11.3 Å². The number of anilines is 1. The summed E-state index contributed by atoms with van der Waals surface area (Å²) in [6.07, 6.45) is 12.1. The zero-order valence-corrected chi connectivity index (χ0v) is 18.7.